The van der Waals surface area contributed by atoms with Crippen molar-refractivity contribution in [2.45, 2.75) is 37.6 Å². The zero-order valence-corrected chi connectivity index (χ0v) is 18.7. The van der Waals surface area contributed by atoms with E-state index in [2.05, 4.69) is 21.8 Å². The number of nitrogens with zero attached hydrogens (tertiary/aromatic N) is 4. The lowest BCUT2D eigenvalue weighted by molar-refractivity contribution is 0.301. The van der Waals surface area contributed by atoms with E-state index in [-0.39, 0.29) is 30.2 Å². The maximum atomic E-state index is 9.15. The molecule has 1 spiro atoms. The monoisotopic (exact) mass is 464 g/mol. The van der Waals surface area contributed by atoms with Crippen molar-refractivity contribution in [3.05, 3.63) is 57.9 Å². The number of halogens is 3. The third-order valence-electron chi connectivity index (χ3n) is 6.13. The van der Waals surface area contributed by atoms with Crippen molar-refractivity contribution in [1.29, 1.82) is 5.26 Å². The standard InChI is InChI=1S/C21H21ClN6.2ClH/c22-17-13-26-28-19(25-12-15-3-1-2-14(10-15)11-23)16-4-5-21(6-8-24-9-7-21)18(16)27-20(17)28;;/h1-3,10,13,24-25H,4-9,12H2;2*1H. The van der Waals surface area contributed by atoms with Gasteiger partial charge in [0.2, 0.25) is 0 Å². The van der Waals surface area contributed by atoms with Gasteiger partial charge in [-0.3, -0.25) is 0 Å². The molecule has 1 aromatic carbocycles. The summed E-state index contributed by atoms with van der Waals surface area (Å²) in [5, 5.41) is 21.2. The normalized spacial score (nSPS) is 16.4. The van der Waals surface area contributed by atoms with Gasteiger partial charge in [0, 0.05) is 17.5 Å². The molecule has 1 aliphatic carbocycles. The van der Waals surface area contributed by atoms with Gasteiger partial charge >= 0.3 is 0 Å². The minimum absolute atomic E-state index is 0. The Bertz CT molecular complexity index is 1100. The number of anilines is 1. The second kappa shape index (κ2) is 8.99. The first kappa shape index (κ1) is 22.6. The summed E-state index contributed by atoms with van der Waals surface area (Å²) < 4.78 is 1.83. The van der Waals surface area contributed by atoms with Crippen molar-refractivity contribution in [2.75, 3.05) is 18.4 Å². The van der Waals surface area contributed by atoms with Crippen molar-refractivity contribution < 1.29 is 0 Å². The zero-order valence-electron chi connectivity index (χ0n) is 16.3. The summed E-state index contributed by atoms with van der Waals surface area (Å²) in [4.78, 5) is 4.99. The summed E-state index contributed by atoms with van der Waals surface area (Å²) in [7, 11) is 0. The molecule has 0 radical (unpaired) electrons. The van der Waals surface area contributed by atoms with Crippen LogP contribution in [0.3, 0.4) is 0 Å². The Balaban J connectivity index is 0.00000128. The van der Waals surface area contributed by atoms with Crippen LogP contribution in [0.25, 0.3) is 5.65 Å². The summed E-state index contributed by atoms with van der Waals surface area (Å²) in [5.74, 6) is 0.977. The molecule has 0 amide bonds. The molecule has 5 rings (SSSR count). The molecule has 2 N–H and O–H groups in total. The zero-order chi connectivity index (χ0) is 19.1. The molecular formula is C21H23Cl3N6. The Morgan fingerprint density at radius 2 is 2.03 bits per heavy atom. The van der Waals surface area contributed by atoms with Crippen LogP contribution in [0.15, 0.2) is 30.5 Å². The number of fused-ring (bicyclic) bond motifs is 3. The highest BCUT2D eigenvalue weighted by Crippen LogP contribution is 2.46. The third-order valence-corrected chi connectivity index (χ3v) is 6.40. The minimum Gasteiger partial charge on any atom is -0.366 e. The molecule has 158 valence electrons. The van der Waals surface area contributed by atoms with Crippen LogP contribution >= 0.6 is 36.4 Å². The van der Waals surface area contributed by atoms with E-state index in [1.807, 2.05) is 28.8 Å². The second-order valence-electron chi connectivity index (χ2n) is 7.71. The van der Waals surface area contributed by atoms with Gasteiger partial charge < -0.3 is 10.6 Å². The number of aromatic nitrogens is 3. The van der Waals surface area contributed by atoms with E-state index in [4.69, 9.17) is 21.8 Å². The molecule has 1 aliphatic heterocycles. The van der Waals surface area contributed by atoms with Crippen molar-refractivity contribution >= 4 is 47.9 Å². The van der Waals surface area contributed by atoms with Crippen LogP contribution in [0.1, 0.15) is 41.6 Å². The van der Waals surface area contributed by atoms with Gasteiger partial charge in [0.05, 0.1) is 23.5 Å². The number of benzene rings is 1. The lowest BCUT2D eigenvalue weighted by atomic mass is 9.77. The number of hydrogen-bond acceptors (Lipinski definition) is 5. The van der Waals surface area contributed by atoms with Crippen LogP contribution in [0.2, 0.25) is 5.02 Å². The molecule has 2 aromatic heterocycles. The first-order valence-corrected chi connectivity index (χ1v) is 10.1. The number of rotatable bonds is 3. The minimum atomic E-state index is 0. The highest BCUT2D eigenvalue weighted by molar-refractivity contribution is 6.33. The summed E-state index contributed by atoms with van der Waals surface area (Å²) in [6.07, 6.45) is 6.00. The van der Waals surface area contributed by atoms with E-state index in [1.54, 1.807) is 6.20 Å². The topological polar surface area (TPSA) is 78.0 Å². The first-order chi connectivity index (χ1) is 13.7. The van der Waals surface area contributed by atoms with Gasteiger partial charge in [0.1, 0.15) is 10.8 Å². The van der Waals surface area contributed by atoms with Crippen LogP contribution in [-0.4, -0.2) is 27.7 Å². The Hall–Kier alpha value is -2.04. The van der Waals surface area contributed by atoms with Crippen molar-refractivity contribution in [1.82, 2.24) is 19.9 Å². The van der Waals surface area contributed by atoms with Crippen LogP contribution in [0.5, 0.6) is 0 Å². The molecule has 3 aromatic rings. The SMILES string of the molecule is Cl.Cl.N#Cc1cccc(CNc2c3c(nc4c(Cl)cnn24)C2(CCNCC2)CC3)c1. The van der Waals surface area contributed by atoms with Gasteiger partial charge in [-0.25, -0.2) is 4.98 Å². The molecule has 3 heterocycles. The number of nitrogens with one attached hydrogen (secondary N) is 2. The highest BCUT2D eigenvalue weighted by atomic mass is 35.5. The molecular weight excluding hydrogens is 443 g/mol. The number of hydrogen-bond donors (Lipinski definition) is 2. The summed E-state index contributed by atoms with van der Waals surface area (Å²) >= 11 is 6.41. The lowest BCUT2D eigenvalue weighted by Gasteiger charge is -2.34. The van der Waals surface area contributed by atoms with E-state index < -0.39 is 0 Å². The maximum absolute atomic E-state index is 9.15. The van der Waals surface area contributed by atoms with E-state index in [0.29, 0.717) is 22.8 Å². The van der Waals surface area contributed by atoms with Crippen LogP contribution < -0.4 is 10.6 Å². The predicted molar refractivity (Wildman–Crippen MR) is 123 cm³/mol. The second-order valence-corrected chi connectivity index (χ2v) is 8.12. The molecule has 0 saturated carbocycles. The molecule has 1 saturated heterocycles. The Morgan fingerprint density at radius 3 is 2.80 bits per heavy atom. The molecule has 0 atom stereocenters. The Kier molecular flexibility index (Phi) is 6.78. The average molecular weight is 466 g/mol. The quantitative estimate of drug-likeness (QED) is 0.604. The van der Waals surface area contributed by atoms with Gasteiger partial charge in [-0.05, 0) is 56.5 Å². The van der Waals surface area contributed by atoms with Crippen molar-refractivity contribution in [3.8, 4) is 6.07 Å². The average Bonchev–Trinajstić information content (AvgIpc) is 3.28. The third kappa shape index (κ3) is 3.72. The smallest absolute Gasteiger partial charge is 0.176 e. The van der Waals surface area contributed by atoms with Gasteiger partial charge in [-0.1, -0.05) is 23.7 Å². The van der Waals surface area contributed by atoms with Crippen molar-refractivity contribution in [2.24, 2.45) is 0 Å². The Morgan fingerprint density at radius 1 is 1.23 bits per heavy atom. The first-order valence-electron chi connectivity index (χ1n) is 9.70. The Labute approximate surface area is 192 Å². The van der Waals surface area contributed by atoms with Gasteiger partial charge in [0.15, 0.2) is 5.65 Å². The molecule has 9 heteroatoms. The van der Waals surface area contributed by atoms with Gasteiger partial charge in [-0.15, -0.1) is 24.8 Å². The largest absolute Gasteiger partial charge is 0.366 e. The van der Waals surface area contributed by atoms with E-state index in [1.165, 1.54) is 11.3 Å². The molecule has 6 nitrogen and oxygen atoms in total. The molecule has 1 fully saturated rings. The molecule has 2 aliphatic rings. The number of piperidine rings is 1. The fourth-order valence-corrected chi connectivity index (χ4v) is 4.83. The fourth-order valence-electron chi connectivity index (χ4n) is 4.67. The number of nitriles is 1. The fraction of sp³-hybridized carbons (Fsp3) is 0.381. The maximum Gasteiger partial charge on any atom is 0.176 e. The van der Waals surface area contributed by atoms with Gasteiger partial charge in [-0.2, -0.15) is 14.9 Å². The molecule has 0 unspecified atom stereocenters. The van der Waals surface area contributed by atoms with E-state index >= 15 is 0 Å². The molecule has 30 heavy (non-hydrogen) atoms. The van der Waals surface area contributed by atoms with E-state index in [9.17, 15) is 0 Å². The van der Waals surface area contributed by atoms with Crippen LogP contribution in [-0.2, 0) is 18.4 Å². The summed E-state index contributed by atoms with van der Waals surface area (Å²) in [5.41, 5.74) is 5.04. The predicted octanol–water partition coefficient (Wildman–Crippen LogP) is 4.28. The summed E-state index contributed by atoms with van der Waals surface area (Å²) in [6.45, 7) is 2.68. The lowest BCUT2D eigenvalue weighted by Crippen LogP contribution is -2.39. The summed E-state index contributed by atoms with van der Waals surface area (Å²) in [6, 6.07) is 9.87. The van der Waals surface area contributed by atoms with Crippen LogP contribution in [0.4, 0.5) is 5.82 Å². The van der Waals surface area contributed by atoms with Crippen molar-refractivity contribution in [3.63, 3.8) is 0 Å². The van der Waals surface area contributed by atoms with Gasteiger partial charge in [0.25, 0.3) is 0 Å². The molecule has 0 bridgehead atoms. The van der Waals surface area contributed by atoms with Crippen LogP contribution in [0, 0.1) is 11.3 Å². The highest BCUT2D eigenvalue weighted by Gasteiger charge is 2.43. The van der Waals surface area contributed by atoms with E-state index in [0.717, 1.165) is 50.2 Å².